The van der Waals surface area contributed by atoms with Crippen LogP contribution in [0.15, 0.2) is 24.4 Å². The maximum Gasteiger partial charge on any atom is 0.223 e. The number of hydrogen-bond donors (Lipinski definition) is 1. The third-order valence-electron chi connectivity index (χ3n) is 1.77. The van der Waals surface area contributed by atoms with E-state index in [4.69, 9.17) is 5.73 Å². The first kappa shape index (κ1) is 11.9. The Bertz CT molecular complexity index is 289. The van der Waals surface area contributed by atoms with Gasteiger partial charge in [0.2, 0.25) is 5.91 Å². The van der Waals surface area contributed by atoms with E-state index in [1.54, 1.807) is 0 Å². The molecule has 0 saturated heterocycles. The van der Waals surface area contributed by atoms with E-state index in [1.165, 1.54) is 0 Å². The van der Waals surface area contributed by atoms with Crippen molar-refractivity contribution >= 4 is 5.91 Å². The van der Waals surface area contributed by atoms with Crippen LogP contribution < -0.4 is 22.7 Å². The summed E-state index contributed by atoms with van der Waals surface area (Å²) in [5.74, 6) is -0.259. The van der Waals surface area contributed by atoms with E-state index in [9.17, 15) is 4.79 Å². The van der Waals surface area contributed by atoms with Gasteiger partial charge in [0.1, 0.15) is 0 Å². The van der Waals surface area contributed by atoms with Crippen molar-refractivity contribution in [1.29, 1.82) is 0 Å². The molecule has 0 unspecified atom stereocenters. The molecule has 3 nitrogen and oxygen atoms in total. The minimum atomic E-state index is -0.259. The largest absolute Gasteiger partial charge is 1.00 e. The standard InChI is InChI=1S/C9H12N2O.ClH/c1-8-4-2-3-6-11(8)7-5-9(10)12;/h2-4,6H,5,7H2,1H3,(H-,10,12);1H. The molecule has 13 heavy (non-hydrogen) atoms. The molecule has 1 aromatic heterocycles. The van der Waals surface area contributed by atoms with Crippen LogP contribution in [-0.2, 0) is 11.3 Å². The topological polar surface area (TPSA) is 47.0 Å². The van der Waals surface area contributed by atoms with Crippen LogP contribution in [-0.4, -0.2) is 5.91 Å². The van der Waals surface area contributed by atoms with Gasteiger partial charge >= 0.3 is 0 Å². The highest BCUT2D eigenvalue weighted by atomic mass is 35.5. The first-order valence-electron chi connectivity index (χ1n) is 3.93. The molecule has 0 aliphatic carbocycles. The number of aromatic nitrogens is 1. The predicted molar refractivity (Wildman–Crippen MR) is 45.2 cm³/mol. The van der Waals surface area contributed by atoms with Gasteiger partial charge in [-0.15, -0.1) is 0 Å². The normalized spacial score (nSPS) is 9.00. The molecule has 0 saturated carbocycles. The van der Waals surface area contributed by atoms with Gasteiger partial charge in [0, 0.05) is 19.1 Å². The molecule has 0 aliphatic rings. The number of nitrogens with two attached hydrogens (primary N) is 1. The van der Waals surface area contributed by atoms with Gasteiger partial charge in [0.15, 0.2) is 18.4 Å². The van der Waals surface area contributed by atoms with Gasteiger partial charge in [-0.1, -0.05) is 6.07 Å². The molecule has 0 aromatic carbocycles. The van der Waals surface area contributed by atoms with Crippen LogP contribution in [0.25, 0.3) is 0 Å². The highest BCUT2D eigenvalue weighted by Crippen LogP contribution is 1.88. The molecule has 0 fully saturated rings. The van der Waals surface area contributed by atoms with Gasteiger partial charge in [-0.05, 0) is 0 Å². The van der Waals surface area contributed by atoms with Crippen LogP contribution in [0.1, 0.15) is 12.1 Å². The zero-order valence-corrected chi connectivity index (χ0v) is 8.29. The molecule has 0 bridgehead atoms. The quantitative estimate of drug-likeness (QED) is 0.526. The first-order chi connectivity index (χ1) is 5.70. The lowest BCUT2D eigenvalue weighted by atomic mass is 10.3. The SMILES string of the molecule is Cc1cccc[n+]1CCC(N)=O.[Cl-]. The second-order valence-corrected chi connectivity index (χ2v) is 2.75. The molecule has 1 heterocycles. The summed E-state index contributed by atoms with van der Waals surface area (Å²) < 4.78 is 2.00. The first-order valence-corrected chi connectivity index (χ1v) is 3.93. The Morgan fingerprint density at radius 2 is 2.23 bits per heavy atom. The lowest BCUT2D eigenvalue weighted by Crippen LogP contribution is -3.00. The molecular weight excluding hydrogens is 188 g/mol. The Labute approximate surface area is 84.0 Å². The van der Waals surface area contributed by atoms with Gasteiger partial charge in [0.25, 0.3) is 0 Å². The molecule has 1 rings (SSSR count). The van der Waals surface area contributed by atoms with Crippen molar-refractivity contribution in [3.8, 4) is 0 Å². The van der Waals surface area contributed by atoms with Crippen LogP contribution >= 0.6 is 0 Å². The summed E-state index contributed by atoms with van der Waals surface area (Å²) in [4.78, 5) is 10.5. The van der Waals surface area contributed by atoms with E-state index in [0.29, 0.717) is 13.0 Å². The number of aryl methyl sites for hydroxylation is 2. The summed E-state index contributed by atoms with van der Waals surface area (Å²) >= 11 is 0. The Hall–Kier alpha value is -1.09. The number of carbonyl (C=O) groups is 1. The fourth-order valence-corrected chi connectivity index (χ4v) is 1.04. The molecule has 0 aliphatic heterocycles. The Balaban J connectivity index is 0.00000144. The van der Waals surface area contributed by atoms with E-state index in [2.05, 4.69) is 0 Å². The number of rotatable bonds is 3. The Morgan fingerprint density at radius 1 is 1.54 bits per heavy atom. The minimum Gasteiger partial charge on any atom is -1.00 e. The molecule has 1 aromatic rings. The van der Waals surface area contributed by atoms with E-state index < -0.39 is 0 Å². The summed E-state index contributed by atoms with van der Waals surface area (Å²) in [5.41, 5.74) is 6.18. The smallest absolute Gasteiger partial charge is 0.223 e. The monoisotopic (exact) mass is 200 g/mol. The van der Waals surface area contributed by atoms with Crippen molar-refractivity contribution in [1.82, 2.24) is 0 Å². The van der Waals surface area contributed by atoms with E-state index in [0.717, 1.165) is 5.69 Å². The molecular formula is C9H13ClN2O. The van der Waals surface area contributed by atoms with Crippen LogP contribution in [0.2, 0.25) is 0 Å². The number of nitrogens with zero attached hydrogens (tertiary/aromatic N) is 1. The van der Waals surface area contributed by atoms with Crippen molar-refractivity contribution in [2.75, 3.05) is 0 Å². The van der Waals surface area contributed by atoms with Crippen LogP contribution in [0, 0.1) is 6.92 Å². The average molecular weight is 201 g/mol. The molecule has 0 atom stereocenters. The number of carbonyl (C=O) groups excluding carboxylic acids is 1. The van der Waals surface area contributed by atoms with Crippen LogP contribution in [0.5, 0.6) is 0 Å². The second kappa shape index (κ2) is 5.54. The second-order valence-electron chi connectivity index (χ2n) is 2.75. The van der Waals surface area contributed by atoms with Crippen molar-refractivity contribution in [2.24, 2.45) is 5.73 Å². The molecule has 72 valence electrons. The van der Waals surface area contributed by atoms with Crippen molar-refractivity contribution < 1.29 is 21.8 Å². The van der Waals surface area contributed by atoms with E-state index in [1.807, 2.05) is 35.9 Å². The van der Waals surface area contributed by atoms with Gasteiger partial charge in [-0.25, -0.2) is 4.57 Å². The summed E-state index contributed by atoms with van der Waals surface area (Å²) in [6.45, 7) is 2.67. The average Bonchev–Trinajstić information content (AvgIpc) is 2.03. The van der Waals surface area contributed by atoms with Gasteiger partial charge in [-0.3, -0.25) is 4.79 Å². The van der Waals surface area contributed by atoms with Gasteiger partial charge in [-0.2, -0.15) is 0 Å². The Kier molecular flexibility index (Phi) is 5.07. The molecule has 0 radical (unpaired) electrons. The van der Waals surface area contributed by atoms with Gasteiger partial charge in [0.05, 0.1) is 6.42 Å². The van der Waals surface area contributed by atoms with Crippen LogP contribution in [0.4, 0.5) is 0 Å². The third kappa shape index (κ3) is 3.90. The maximum atomic E-state index is 10.5. The van der Waals surface area contributed by atoms with Crippen molar-refractivity contribution in [3.63, 3.8) is 0 Å². The maximum absolute atomic E-state index is 10.5. The Morgan fingerprint density at radius 3 is 2.77 bits per heavy atom. The number of amides is 1. The van der Waals surface area contributed by atoms with E-state index >= 15 is 0 Å². The minimum absolute atomic E-state index is 0. The van der Waals surface area contributed by atoms with Crippen molar-refractivity contribution in [3.05, 3.63) is 30.1 Å². The zero-order valence-electron chi connectivity index (χ0n) is 7.53. The molecule has 0 spiro atoms. The third-order valence-corrected chi connectivity index (χ3v) is 1.77. The zero-order chi connectivity index (χ0) is 8.97. The lowest BCUT2D eigenvalue weighted by Gasteiger charge is -1.96. The number of hydrogen-bond acceptors (Lipinski definition) is 1. The molecule has 1 amide bonds. The summed E-state index contributed by atoms with van der Waals surface area (Å²) in [5, 5.41) is 0. The lowest BCUT2D eigenvalue weighted by molar-refractivity contribution is -0.701. The van der Waals surface area contributed by atoms with Crippen LogP contribution in [0.3, 0.4) is 0 Å². The van der Waals surface area contributed by atoms with E-state index in [-0.39, 0.29) is 18.3 Å². The predicted octanol–water partition coefficient (Wildman–Crippen LogP) is -2.84. The highest BCUT2D eigenvalue weighted by molar-refractivity contribution is 5.73. The summed E-state index contributed by atoms with van der Waals surface area (Å²) in [7, 11) is 0. The number of halogens is 1. The highest BCUT2D eigenvalue weighted by Gasteiger charge is 2.05. The number of pyridine rings is 1. The fourth-order valence-electron chi connectivity index (χ4n) is 1.04. The molecule has 2 N–H and O–H groups in total. The van der Waals surface area contributed by atoms with Gasteiger partial charge < -0.3 is 18.1 Å². The fraction of sp³-hybridized carbons (Fsp3) is 0.333. The summed E-state index contributed by atoms with van der Waals surface area (Å²) in [6.07, 6.45) is 2.34. The summed E-state index contributed by atoms with van der Waals surface area (Å²) in [6, 6.07) is 5.91. The van der Waals surface area contributed by atoms with Crippen molar-refractivity contribution in [2.45, 2.75) is 19.9 Å². The number of primary amides is 1. The molecule has 4 heteroatoms.